The van der Waals surface area contributed by atoms with Gasteiger partial charge in [0.1, 0.15) is 11.5 Å². The van der Waals surface area contributed by atoms with Crippen LogP contribution in [0, 0.1) is 0 Å². The lowest BCUT2D eigenvalue weighted by Gasteiger charge is -2.32. The molecule has 2 aliphatic carbocycles. The van der Waals surface area contributed by atoms with E-state index in [4.69, 9.17) is 4.63 Å². The van der Waals surface area contributed by atoms with Gasteiger partial charge < -0.3 is 25.3 Å². The van der Waals surface area contributed by atoms with Crippen LogP contribution in [0.15, 0.2) is 22.8 Å². The number of ether oxygens (including phenoxy) is 1. The average molecular weight is 616 g/mol. The molecule has 0 radical (unpaired) electrons. The molecule has 3 amide bonds. The molecule has 43 heavy (non-hydrogen) atoms. The van der Waals surface area contributed by atoms with Crippen molar-refractivity contribution in [1.29, 1.82) is 0 Å². The summed E-state index contributed by atoms with van der Waals surface area (Å²) in [7, 11) is 1.04. The molecule has 3 N–H and O–H groups in total. The highest BCUT2D eigenvalue weighted by molar-refractivity contribution is 5.93. The average Bonchev–Trinajstić information content (AvgIpc) is 3.89. The molecule has 1 aliphatic heterocycles. The quantitative estimate of drug-likeness (QED) is 0.316. The number of nitrogens with zero attached hydrogens (tertiary/aromatic N) is 4. The topological polar surface area (TPSA) is 138 Å². The summed E-state index contributed by atoms with van der Waals surface area (Å²) in [6.45, 7) is 0.868. The molecule has 3 aromatic rings. The predicted molar refractivity (Wildman–Crippen MR) is 143 cm³/mol. The molecule has 3 fully saturated rings. The van der Waals surface area contributed by atoms with Crippen LogP contribution in [-0.2, 0) is 17.8 Å². The molecule has 2 saturated carbocycles. The first kappa shape index (κ1) is 32.1. The fourth-order valence-corrected chi connectivity index (χ4v) is 3.70. The van der Waals surface area contributed by atoms with E-state index in [0.29, 0.717) is 28.1 Å². The van der Waals surface area contributed by atoms with Crippen LogP contribution in [-0.4, -0.2) is 75.0 Å². The number of aromatic nitrogens is 4. The van der Waals surface area contributed by atoms with Gasteiger partial charge in [0.2, 0.25) is 0 Å². The number of benzene rings is 1. The summed E-state index contributed by atoms with van der Waals surface area (Å²) in [5.41, 5.74) is 0.766. The second-order valence-electron chi connectivity index (χ2n) is 11.1. The smallest absolute Gasteiger partial charge is 0.369 e. The van der Waals surface area contributed by atoms with Crippen molar-refractivity contribution in [3.8, 4) is 0 Å². The molecule has 11 nitrogen and oxygen atoms in total. The maximum absolute atomic E-state index is 13.6. The molecule has 0 spiro atoms. The van der Waals surface area contributed by atoms with Crippen molar-refractivity contribution in [2.45, 2.75) is 82.7 Å². The Morgan fingerprint density at radius 1 is 1.19 bits per heavy atom. The Hall–Kier alpha value is -3.82. The summed E-state index contributed by atoms with van der Waals surface area (Å²) in [5.74, 6) is -2.59. The Morgan fingerprint density at radius 2 is 1.88 bits per heavy atom. The Labute approximate surface area is 243 Å². The van der Waals surface area contributed by atoms with Gasteiger partial charge in [0.25, 0.3) is 11.8 Å². The number of nitrogens with one attached hydrogen (secondary N) is 3. The number of H-pyrrole nitrogens is 1. The maximum atomic E-state index is 13.6. The van der Waals surface area contributed by atoms with Crippen LogP contribution in [0.5, 0.6) is 0 Å². The van der Waals surface area contributed by atoms with E-state index in [0.717, 1.165) is 38.7 Å². The highest BCUT2D eigenvalue weighted by Crippen LogP contribution is 2.40. The molecule has 1 saturated heterocycles. The first-order valence-corrected chi connectivity index (χ1v) is 13.8. The number of rotatable bonds is 7. The number of carbonyl (C=O) groups is 2. The molecule has 2 aromatic heterocycles. The SMILES string of the molecule is C1CC1.COC(C)(C)C(F)(F)F.O=C(NCc1nc2ccc(CN3CC(F)(F)CNC3=O)cc2[nH]1)c1nonc1C1CC1. The Morgan fingerprint density at radius 3 is 2.47 bits per heavy atom. The number of urea groups is 1. The number of imidazole rings is 1. The van der Waals surface area contributed by atoms with E-state index in [1.54, 1.807) is 18.2 Å². The van der Waals surface area contributed by atoms with E-state index in [2.05, 4.69) is 35.7 Å². The minimum absolute atomic E-state index is 0.0472. The summed E-state index contributed by atoms with van der Waals surface area (Å²) in [6.07, 6.45) is 2.16. The number of hydrogen-bond acceptors (Lipinski definition) is 7. The van der Waals surface area contributed by atoms with Gasteiger partial charge in [0.15, 0.2) is 11.3 Å². The maximum Gasteiger partial charge on any atom is 0.416 e. The molecule has 0 unspecified atom stereocenters. The van der Waals surface area contributed by atoms with Crippen molar-refractivity contribution in [2.75, 3.05) is 20.2 Å². The highest BCUT2D eigenvalue weighted by Gasteiger charge is 2.47. The van der Waals surface area contributed by atoms with E-state index < -0.39 is 36.8 Å². The number of halogens is 5. The third kappa shape index (κ3) is 8.84. The van der Waals surface area contributed by atoms with Crippen molar-refractivity contribution in [2.24, 2.45) is 0 Å². The molecule has 16 heteroatoms. The van der Waals surface area contributed by atoms with Crippen molar-refractivity contribution < 1.29 is 40.9 Å². The molecule has 1 aromatic carbocycles. The summed E-state index contributed by atoms with van der Waals surface area (Å²) in [6, 6.07) is 4.70. The zero-order chi connectivity index (χ0) is 31.4. The second kappa shape index (κ2) is 12.8. The molecule has 0 bridgehead atoms. The third-order valence-electron chi connectivity index (χ3n) is 6.83. The van der Waals surface area contributed by atoms with Gasteiger partial charge >= 0.3 is 12.2 Å². The van der Waals surface area contributed by atoms with Gasteiger partial charge in [-0.15, -0.1) is 0 Å². The zero-order valence-electron chi connectivity index (χ0n) is 24.0. The normalized spacial score (nSPS) is 17.8. The number of methoxy groups -OCH3 is 1. The van der Waals surface area contributed by atoms with Crippen LogP contribution in [0.4, 0.5) is 26.7 Å². The van der Waals surface area contributed by atoms with Gasteiger partial charge in [-0.25, -0.2) is 23.2 Å². The molecule has 3 heterocycles. The first-order valence-electron chi connectivity index (χ1n) is 13.8. The lowest BCUT2D eigenvalue weighted by molar-refractivity contribution is -0.255. The van der Waals surface area contributed by atoms with Gasteiger partial charge in [-0.2, -0.15) is 13.2 Å². The fourth-order valence-electron chi connectivity index (χ4n) is 3.70. The Kier molecular flexibility index (Phi) is 9.57. The molecule has 3 aliphatic rings. The van der Waals surface area contributed by atoms with Crippen LogP contribution < -0.4 is 10.6 Å². The highest BCUT2D eigenvalue weighted by atomic mass is 19.4. The van der Waals surface area contributed by atoms with Crippen molar-refractivity contribution in [3.63, 3.8) is 0 Å². The van der Waals surface area contributed by atoms with Crippen molar-refractivity contribution >= 4 is 23.0 Å². The second-order valence-corrected chi connectivity index (χ2v) is 11.1. The summed E-state index contributed by atoms with van der Waals surface area (Å²) >= 11 is 0. The Bertz CT molecular complexity index is 1410. The summed E-state index contributed by atoms with van der Waals surface area (Å²) < 4.78 is 71.2. The van der Waals surface area contributed by atoms with Gasteiger partial charge in [-0.1, -0.05) is 30.5 Å². The van der Waals surface area contributed by atoms with E-state index in [-0.39, 0.29) is 30.6 Å². The van der Waals surface area contributed by atoms with Crippen LogP contribution in [0.1, 0.15) is 79.4 Å². The molecular formula is C27H34F5N7O4. The van der Waals surface area contributed by atoms with Crippen LogP contribution in [0.3, 0.4) is 0 Å². The van der Waals surface area contributed by atoms with Gasteiger partial charge in [-0.05, 0) is 49.5 Å². The minimum atomic E-state index is -4.28. The lowest BCUT2D eigenvalue weighted by Crippen LogP contribution is -2.56. The number of aromatic amines is 1. The van der Waals surface area contributed by atoms with E-state index in [1.165, 1.54) is 19.3 Å². The summed E-state index contributed by atoms with van der Waals surface area (Å²) in [4.78, 5) is 32.9. The van der Waals surface area contributed by atoms with Crippen molar-refractivity contribution in [1.82, 2.24) is 35.8 Å². The number of hydrogen-bond donors (Lipinski definition) is 3. The predicted octanol–water partition coefficient (Wildman–Crippen LogP) is 5.06. The van der Waals surface area contributed by atoms with Crippen molar-refractivity contribution in [3.05, 3.63) is 41.0 Å². The van der Waals surface area contributed by atoms with Gasteiger partial charge in [0, 0.05) is 19.6 Å². The molecule has 236 valence electrons. The number of fused-ring (bicyclic) bond motifs is 1. The van der Waals surface area contributed by atoms with E-state index >= 15 is 0 Å². The van der Waals surface area contributed by atoms with Gasteiger partial charge in [0.05, 0.1) is 30.7 Å². The lowest BCUT2D eigenvalue weighted by atomic mass is 10.1. The Balaban J connectivity index is 0.000000297. The van der Waals surface area contributed by atoms with Gasteiger partial charge in [-0.3, -0.25) is 4.79 Å². The molecular weight excluding hydrogens is 581 g/mol. The third-order valence-corrected chi connectivity index (χ3v) is 6.83. The minimum Gasteiger partial charge on any atom is -0.369 e. The zero-order valence-corrected chi connectivity index (χ0v) is 24.0. The van der Waals surface area contributed by atoms with E-state index in [1.807, 2.05) is 0 Å². The number of amides is 3. The number of alkyl halides is 5. The summed E-state index contributed by atoms with van der Waals surface area (Å²) in [5, 5.41) is 12.4. The van der Waals surface area contributed by atoms with Crippen LogP contribution in [0.25, 0.3) is 11.0 Å². The standard InChI is InChI=1S/C19H19F2N7O3.C5H9F3O.C3H6/c20-19(21)8-23-18(30)28(9-19)7-10-1-4-12-13(5-10)25-14(24-12)6-22-17(29)16-15(11-2-3-11)26-31-27-16;1-4(2,9-3)5(6,7)8;1-2-3-1/h1,4-5,11H,2-3,6-9H2,(H,22,29)(H,23,30)(H,24,25);1-3H3;1-3H2. The molecule has 6 rings (SSSR count). The van der Waals surface area contributed by atoms with Crippen LogP contribution >= 0.6 is 0 Å². The van der Waals surface area contributed by atoms with E-state index in [9.17, 15) is 31.5 Å². The monoisotopic (exact) mass is 615 g/mol. The largest absolute Gasteiger partial charge is 0.416 e. The first-order chi connectivity index (χ1) is 20.2. The number of carbonyl (C=O) groups excluding carboxylic acids is 2. The van der Waals surface area contributed by atoms with Crippen LogP contribution in [0.2, 0.25) is 0 Å². The molecule has 0 atom stereocenters. The fraction of sp³-hybridized carbons (Fsp3) is 0.593.